The highest BCUT2D eigenvalue weighted by molar-refractivity contribution is 6.30. The fourth-order valence-corrected chi connectivity index (χ4v) is 1.81. The van der Waals surface area contributed by atoms with E-state index in [1.165, 1.54) is 24.4 Å². The van der Waals surface area contributed by atoms with E-state index in [1.807, 2.05) is 0 Å². The number of carboxylic acid groups (broad SMARTS) is 1. The molecule has 0 unspecified atom stereocenters. The van der Waals surface area contributed by atoms with Crippen LogP contribution in [0.15, 0.2) is 30.5 Å². The lowest BCUT2D eigenvalue weighted by atomic mass is 10.1. The summed E-state index contributed by atoms with van der Waals surface area (Å²) in [6.45, 7) is -0.0736. The molecule has 0 amide bonds. The summed E-state index contributed by atoms with van der Waals surface area (Å²) in [5.74, 6) is -1.72. The minimum Gasteiger partial charge on any atom is -0.504 e. The van der Waals surface area contributed by atoms with Crippen LogP contribution in [0.3, 0.4) is 0 Å². The molecule has 110 valence electrons. The van der Waals surface area contributed by atoms with Crippen LogP contribution in [-0.2, 0) is 4.79 Å². The fourth-order valence-electron chi connectivity index (χ4n) is 1.66. The third kappa shape index (κ3) is 3.82. The number of hydrogen-bond donors (Lipinski definition) is 2. The van der Waals surface area contributed by atoms with Gasteiger partial charge in [0.1, 0.15) is 5.69 Å². The molecule has 0 fully saturated rings. The van der Waals surface area contributed by atoms with Gasteiger partial charge in [0.15, 0.2) is 17.3 Å². The van der Waals surface area contributed by atoms with Crippen LogP contribution in [0.2, 0.25) is 5.02 Å². The van der Waals surface area contributed by atoms with Gasteiger partial charge in [-0.2, -0.15) is 0 Å². The van der Waals surface area contributed by atoms with Crippen molar-refractivity contribution in [3.63, 3.8) is 0 Å². The zero-order chi connectivity index (χ0) is 15.4. The summed E-state index contributed by atoms with van der Waals surface area (Å²) < 4.78 is 18.9. The van der Waals surface area contributed by atoms with Crippen LogP contribution in [0.4, 0.5) is 4.39 Å². The average molecular weight is 312 g/mol. The highest BCUT2D eigenvalue weighted by Gasteiger charge is 2.11. The van der Waals surface area contributed by atoms with Crippen molar-refractivity contribution in [2.24, 2.45) is 0 Å². The van der Waals surface area contributed by atoms with Gasteiger partial charge in [0, 0.05) is 11.8 Å². The van der Waals surface area contributed by atoms with Crippen molar-refractivity contribution in [3.8, 4) is 22.8 Å². The topological polar surface area (TPSA) is 79.7 Å². The van der Waals surface area contributed by atoms with Gasteiger partial charge in [-0.15, -0.1) is 0 Å². The summed E-state index contributed by atoms with van der Waals surface area (Å²) in [5, 5.41) is 18.5. The largest absolute Gasteiger partial charge is 0.504 e. The Kier molecular flexibility index (Phi) is 4.59. The lowest BCUT2D eigenvalue weighted by molar-refractivity contribution is -0.137. The molecule has 1 aromatic carbocycles. The van der Waals surface area contributed by atoms with E-state index in [0.29, 0.717) is 5.56 Å². The van der Waals surface area contributed by atoms with Gasteiger partial charge in [0.2, 0.25) is 0 Å². The van der Waals surface area contributed by atoms with E-state index in [9.17, 15) is 14.3 Å². The third-order valence-electron chi connectivity index (χ3n) is 2.61. The average Bonchev–Trinajstić information content (AvgIpc) is 2.40. The van der Waals surface area contributed by atoms with Gasteiger partial charge in [-0.3, -0.25) is 9.78 Å². The Labute approximate surface area is 124 Å². The Hall–Kier alpha value is -2.34. The second-order valence-electron chi connectivity index (χ2n) is 4.16. The molecule has 0 saturated heterocycles. The van der Waals surface area contributed by atoms with Crippen LogP contribution in [-0.4, -0.2) is 27.8 Å². The first-order valence-electron chi connectivity index (χ1n) is 5.96. The molecular weight excluding hydrogens is 301 g/mol. The van der Waals surface area contributed by atoms with E-state index in [2.05, 4.69) is 4.98 Å². The van der Waals surface area contributed by atoms with Crippen molar-refractivity contribution in [2.45, 2.75) is 6.42 Å². The van der Waals surface area contributed by atoms with Gasteiger partial charge >= 0.3 is 5.97 Å². The molecule has 0 aliphatic carbocycles. The van der Waals surface area contributed by atoms with Crippen molar-refractivity contribution in [2.75, 3.05) is 6.61 Å². The van der Waals surface area contributed by atoms with Crippen LogP contribution >= 0.6 is 11.6 Å². The Balaban J connectivity index is 2.20. The molecule has 1 heterocycles. The second-order valence-corrected chi connectivity index (χ2v) is 4.60. The van der Waals surface area contributed by atoms with Crippen molar-refractivity contribution < 1.29 is 24.1 Å². The summed E-state index contributed by atoms with van der Waals surface area (Å²) in [7, 11) is 0. The van der Waals surface area contributed by atoms with Crippen LogP contribution in [0.25, 0.3) is 11.3 Å². The van der Waals surface area contributed by atoms with Crippen molar-refractivity contribution >= 4 is 17.6 Å². The molecule has 0 radical (unpaired) electrons. The summed E-state index contributed by atoms with van der Waals surface area (Å²) >= 11 is 5.62. The predicted molar refractivity (Wildman–Crippen MR) is 74.1 cm³/mol. The monoisotopic (exact) mass is 311 g/mol. The van der Waals surface area contributed by atoms with E-state index in [-0.39, 0.29) is 35.2 Å². The number of carbonyl (C=O) groups is 1. The first kappa shape index (κ1) is 15.1. The number of aromatic hydroxyl groups is 1. The molecule has 0 saturated carbocycles. The Bertz CT molecular complexity index is 678. The van der Waals surface area contributed by atoms with Crippen molar-refractivity contribution in [1.82, 2.24) is 4.98 Å². The Morgan fingerprint density at radius 1 is 1.38 bits per heavy atom. The number of rotatable bonds is 5. The molecule has 1 aromatic heterocycles. The lowest BCUT2D eigenvalue weighted by Gasteiger charge is -2.09. The van der Waals surface area contributed by atoms with Gasteiger partial charge in [0.25, 0.3) is 0 Å². The molecule has 0 spiro atoms. The van der Waals surface area contributed by atoms with Crippen LogP contribution in [0.1, 0.15) is 6.42 Å². The second kappa shape index (κ2) is 6.41. The molecule has 0 aliphatic heterocycles. The minimum absolute atomic E-state index is 0.0479. The van der Waals surface area contributed by atoms with E-state index in [0.717, 1.165) is 6.07 Å². The minimum atomic E-state index is -1.00. The maximum absolute atomic E-state index is 13.7. The molecular formula is C14H11ClFNO4. The highest BCUT2D eigenvalue weighted by atomic mass is 35.5. The molecule has 2 N–H and O–H groups in total. The number of phenolic OH excluding ortho intramolecular Hbond substituents is 1. The number of benzene rings is 1. The molecule has 2 aromatic rings. The molecule has 5 nitrogen and oxygen atoms in total. The zero-order valence-electron chi connectivity index (χ0n) is 10.7. The van der Waals surface area contributed by atoms with Crippen LogP contribution in [0.5, 0.6) is 11.5 Å². The number of hydrogen-bond acceptors (Lipinski definition) is 4. The molecule has 0 aliphatic rings. The number of phenols is 1. The smallest absolute Gasteiger partial charge is 0.306 e. The van der Waals surface area contributed by atoms with Crippen LogP contribution in [0, 0.1) is 5.82 Å². The zero-order valence-corrected chi connectivity index (χ0v) is 11.5. The molecule has 21 heavy (non-hydrogen) atoms. The van der Waals surface area contributed by atoms with Gasteiger partial charge in [0.05, 0.1) is 18.1 Å². The standard InChI is InChI=1S/C14H11ClFNO4/c15-9-6-10(16)14(17-7-9)8-1-2-12(11(18)5-8)21-4-3-13(19)20/h1-2,5-7,18H,3-4H2,(H,19,20). The number of pyridine rings is 1. The summed E-state index contributed by atoms with van der Waals surface area (Å²) in [6.07, 6.45) is 1.11. The fraction of sp³-hybridized carbons (Fsp3) is 0.143. The summed E-state index contributed by atoms with van der Waals surface area (Å²) in [6, 6.07) is 5.34. The normalized spacial score (nSPS) is 10.4. The SMILES string of the molecule is O=C(O)CCOc1ccc(-c2ncc(Cl)cc2F)cc1O. The lowest BCUT2D eigenvalue weighted by Crippen LogP contribution is -2.04. The quantitative estimate of drug-likeness (QED) is 0.887. The summed E-state index contributed by atoms with van der Waals surface area (Å²) in [5.41, 5.74) is 0.402. The number of ether oxygens (including phenoxy) is 1. The van der Waals surface area contributed by atoms with Crippen molar-refractivity contribution in [3.05, 3.63) is 41.3 Å². The maximum atomic E-state index is 13.7. The molecule has 0 atom stereocenters. The van der Waals surface area contributed by atoms with Gasteiger partial charge in [-0.25, -0.2) is 4.39 Å². The van der Waals surface area contributed by atoms with Gasteiger partial charge in [-0.1, -0.05) is 11.6 Å². The van der Waals surface area contributed by atoms with E-state index >= 15 is 0 Å². The number of carboxylic acids is 1. The first-order valence-corrected chi connectivity index (χ1v) is 6.34. The van der Waals surface area contributed by atoms with Crippen LogP contribution < -0.4 is 4.74 Å². The van der Waals surface area contributed by atoms with E-state index in [1.54, 1.807) is 0 Å². The van der Waals surface area contributed by atoms with Crippen molar-refractivity contribution in [1.29, 1.82) is 0 Å². The highest BCUT2D eigenvalue weighted by Crippen LogP contribution is 2.32. The molecule has 2 rings (SSSR count). The maximum Gasteiger partial charge on any atom is 0.306 e. The number of halogens is 2. The number of aliphatic carboxylic acids is 1. The van der Waals surface area contributed by atoms with Gasteiger partial charge < -0.3 is 14.9 Å². The summed E-state index contributed by atoms with van der Waals surface area (Å²) in [4.78, 5) is 14.2. The molecule has 0 bridgehead atoms. The first-order chi connectivity index (χ1) is 9.97. The van der Waals surface area contributed by atoms with E-state index in [4.69, 9.17) is 21.4 Å². The predicted octanol–water partition coefficient (Wildman–Crippen LogP) is 3.10. The third-order valence-corrected chi connectivity index (χ3v) is 2.82. The Morgan fingerprint density at radius 2 is 2.14 bits per heavy atom. The van der Waals surface area contributed by atoms with E-state index < -0.39 is 11.8 Å². The molecule has 7 heteroatoms. The van der Waals surface area contributed by atoms with Gasteiger partial charge in [-0.05, 0) is 24.3 Å². The number of aromatic nitrogens is 1. The Morgan fingerprint density at radius 3 is 2.76 bits per heavy atom. The number of nitrogens with zero attached hydrogens (tertiary/aromatic N) is 1.